The number of benzene rings is 1. The van der Waals surface area contributed by atoms with Gasteiger partial charge in [0, 0.05) is 12.8 Å². The van der Waals surface area contributed by atoms with Crippen LogP contribution in [0.2, 0.25) is 0 Å². The summed E-state index contributed by atoms with van der Waals surface area (Å²) in [5.74, 6) is 1.82. The van der Waals surface area contributed by atoms with Crippen molar-refractivity contribution in [1.82, 2.24) is 0 Å². The van der Waals surface area contributed by atoms with Crippen LogP contribution in [-0.4, -0.2) is 24.8 Å². The number of ketones is 2. The zero-order valence-corrected chi connectivity index (χ0v) is 20.4. The van der Waals surface area contributed by atoms with E-state index >= 15 is 0 Å². The predicted octanol–water partition coefficient (Wildman–Crippen LogP) is 7.50. The average molecular weight is 443 g/mol. The van der Waals surface area contributed by atoms with E-state index in [2.05, 4.69) is 13.5 Å². The number of unbranched alkanes of at least 4 members (excludes halogenated alkanes) is 7. The van der Waals surface area contributed by atoms with Gasteiger partial charge in [0.25, 0.3) is 0 Å². The maximum absolute atomic E-state index is 12.2. The second-order valence-corrected chi connectivity index (χ2v) is 8.32. The topological polar surface area (TPSA) is 52.6 Å². The van der Waals surface area contributed by atoms with Crippen LogP contribution in [-0.2, 0) is 9.59 Å². The molecular weight excluding hydrogens is 400 g/mol. The zero-order chi connectivity index (χ0) is 23.6. The van der Waals surface area contributed by atoms with E-state index in [4.69, 9.17) is 9.47 Å². The van der Waals surface area contributed by atoms with Gasteiger partial charge in [-0.1, -0.05) is 64.2 Å². The number of rotatable bonds is 19. The van der Waals surface area contributed by atoms with Crippen molar-refractivity contribution in [3.63, 3.8) is 0 Å². The number of carbonyl (C=O) groups is 2. The van der Waals surface area contributed by atoms with Crippen LogP contribution in [0.25, 0.3) is 6.08 Å². The summed E-state index contributed by atoms with van der Waals surface area (Å²) in [5, 5.41) is 0. The minimum absolute atomic E-state index is 0.164. The van der Waals surface area contributed by atoms with E-state index in [0.29, 0.717) is 31.6 Å². The second kappa shape index (κ2) is 17.2. The van der Waals surface area contributed by atoms with Gasteiger partial charge in [0.1, 0.15) is 0 Å². The van der Waals surface area contributed by atoms with Gasteiger partial charge in [0.2, 0.25) is 0 Å². The molecule has 4 nitrogen and oxygen atoms in total. The number of hydrogen-bond acceptors (Lipinski definition) is 4. The standard InChI is InChI=1S/C28H42O4/c1-5-21-32-28-22-24(18-20-27(28)31-6-2)17-19-25(29)15-13-11-9-7-8-10-12-14-16-26(30)23(3)4/h17-20,22H,3,5-16,21H2,1-2,4H3/b19-17+. The molecule has 1 rings (SSSR count). The monoisotopic (exact) mass is 442 g/mol. The first kappa shape index (κ1) is 27.7. The van der Waals surface area contributed by atoms with Crippen molar-refractivity contribution in [3.8, 4) is 11.5 Å². The van der Waals surface area contributed by atoms with E-state index in [1.165, 1.54) is 25.7 Å². The number of Topliss-reactive ketones (excluding diaryl/α,β-unsaturated/α-hetero) is 1. The third-order valence-corrected chi connectivity index (χ3v) is 5.24. The van der Waals surface area contributed by atoms with Crippen LogP contribution >= 0.6 is 0 Å². The van der Waals surface area contributed by atoms with Gasteiger partial charge < -0.3 is 9.47 Å². The molecule has 0 radical (unpaired) electrons. The predicted molar refractivity (Wildman–Crippen MR) is 133 cm³/mol. The largest absolute Gasteiger partial charge is 0.490 e. The molecule has 1 aromatic carbocycles. The van der Waals surface area contributed by atoms with Gasteiger partial charge in [-0.15, -0.1) is 0 Å². The van der Waals surface area contributed by atoms with E-state index in [0.717, 1.165) is 49.2 Å². The summed E-state index contributed by atoms with van der Waals surface area (Å²) in [7, 11) is 0. The molecule has 0 aromatic heterocycles. The van der Waals surface area contributed by atoms with Gasteiger partial charge in [0.15, 0.2) is 23.1 Å². The zero-order valence-electron chi connectivity index (χ0n) is 20.4. The van der Waals surface area contributed by atoms with Crippen LogP contribution in [0.3, 0.4) is 0 Å². The first-order valence-electron chi connectivity index (χ1n) is 12.3. The van der Waals surface area contributed by atoms with Gasteiger partial charge in [-0.25, -0.2) is 0 Å². The molecule has 4 heteroatoms. The Kier molecular flexibility index (Phi) is 14.9. The molecule has 0 spiro atoms. The van der Waals surface area contributed by atoms with Crippen LogP contribution in [0.1, 0.15) is 97.0 Å². The molecule has 0 N–H and O–H groups in total. The third-order valence-electron chi connectivity index (χ3n) is 5.24. The molecule has 0 aliphatic heterocycles. The molecular formula is C28H42O4. The van der Waals surface area contributed by atoms with Crippen molar-refractivity contribution in [2.45, 2.75) is 91.4 Å². The van der Waals surface area contributed by atoms with Crippen LogP contribution < -0.4 is 9.47 Å². The Balaban J connectivity index is 2.21. The van der Waals surface area contributed by atoms with Crippen molar-refractivity contribution in [2.75, 3.05) is 13.2 Å². The molecule has 0 bridgehead atoms. The second-order valence-electron chi connectivity index (χ2n) is 8.32. The van der Waals surface area contributed by atoms with E-state index in [9.17, 15) is 9.59 Å². The first-order chi connectivity index (χ1) is 15.5. The summed E-state index contributed by atoms with van der Waals surface area (Å²) >= 11 is 0. The normalized spacial score (nSPS) is 11.0. The lowest BCUT2D eigenvalue weighted by Gasteiger charge is -2.12. The van der Waals surface area contributed by atoms with Gasteiger partial charge in [-0.3, -0.25) is 9.59 Å². The molecule has 0 unspecified atom stereocenters. The molecule has 0 aliphatic carbocycles. The molecule has 0 fully saturated rings. The van der Waals surface area contributed by atoms with Gasteiger partial charge in [-0.05, 0) is 62.5 Å². The smallest absolute Gasteiger partial charge is 0.161 e. The Morgan fingerprint density at radius 2 is 1.50 bits per heavy atom. The Hall–Kier alpha value is -2.36. The summed E-state index contributed by atoms with van der Waals surface area (Å²) in [4.78, 5) is 23.7. The Labute approximate surface area is 195 Å². The molecule has 0 aliphatic rings. The van der Waals surface area contributed by atoms with Gasteiger partial charge in [0.05, 0.1) is 13.2 Å². The maximum atomic E-state index is 12.2. The van der Waals surface area contributed by atoms with Crippen molar-refractivity contribution < 1.29 is 19.1 Å². The van der Waals surface area contributed by atoms with Gasteiger partial charge in [-0.2, -0.15) is 0 Å². The summed E-state index contributed by atoms with van der Waals surface area (Å²) in [6, 6.07) is 5.78. The highest BCUT2D eigenvalue weighted by Gasteiger charge is 2.06. The van der Waals surface area contributed by atoms with E-state index < -0.39 is 0 Å². The summed E-state index contributed by atoms with van der Waals surface area (Å²) in [5.41, 5.74) is 1.61. The highest BCUT2D eigenvalue weighted by atomic mass is 16.5. The van der Waals surface area contributed by atoms with Crippen LogP contribution in [0.15, 0.2) is 36.4 Å². The lowest BCUT2D eigenvalue weighted by atomic mass is 10.0. The first-order valence-corrected chi connectivity index (χ1v) is 12.3. The molecule has 178 valence electrons. The minimum atomic E-state index is 0.164. The Bertz CT molecular complexity index is 733. The fourth-order valence-corrected chi connectivity index (χ4v) is 3.36. The molecule has 32 heavy (non-hydrogen) atoms. The fraction of sp³-hybridized carbons (Fsp3) is 0.571. The van der Waals surface area contributed by atoms with Crippen LogP contribution in [0, 0.1) is 0 Å². The lowest BCUT2D eigenvalue weighted by Crippen LogP contribution is -2.00. The van der Waals surface area contributed by atoms with Crippen molar-refractivity contribution in [2.24, 2.45) is 0 Å². The van der Waals surface area contributed by atoms with Crippen LogP contribution in [0.5, 0.6) is 11.5 Å². The van der Waals surface area contributed by atoms with Gasteiger partial charge >= 0.3 is 0 Å². The number of hydrogen-bond donors (Lipinski definition) is 0. The van der Waals surface area contributed by atoms with Crippen molar-refractivity contribution >= 4 is 17.6 Å². The van der Waals surface area contributed by atoms with E-state index in [1.54, 1.807) is 13.0 Å². The molecule has 1 aromatic rings. The number of ether oxygens (including phenoxy) is 2. The Morgan fingerprint density at radius 3 is 2.09 bits per heavy atom. The number of carbonyl (C=O) groups excluding carboxylic acids is 2. The Morgan fingerprint density at radius 1 is 0.875 bits per heavy atom. The number of allylic oxidation sites excluding steroid dienone is 2. The lowest BCUT2D eigenvalue weighted by molar-refractivity contribution is -0.116. The van der Waals surface area contributed by atoms with E-state index in [1.807, 2.05) is 31.2 Å². The molecule has 0 amide bonds. The molecule has 0 saturated carbocycles. The average Bonchev–Trinajstić information content (AvgIpc) is 2.78. The fourth-order valence-electron chi connectivity index (χ4n) is 3.36. The van der Waals surface area contributed by atoms with Crippen molar-refractivity contribution in [1.29, 1.82) is 0 Å². The SMILES string of the molecule is C=C(C)C(=O)CCCCCCCCCCC(=O)/C=C/c1ccc(OCC)c(OCCC)c1. The highest BCUT2D eigenvalue weighted by Crippen LogP contribution is 2.29. The van der Waals surface area contributed by atoms with Crippen LogP contribution in [0.4, 0.5) is 0 Å². The maximum Gasteiger partial charge on any atom is 0.161 e. The quantitative estimate of drug-likeness (QED) is 0.164. The molecule has 0 saturated heterocycles. The molecule has 0 atom stereocenters. The van der Waals surface area contributed by atoms with Crippen molar-refractivity contribution in [3.05, 3.63) is 42.0 Å². The third kappa shape index (κ3) is 12.5. The summed E-state index contributed by atoms with van der Waals surface area (Å²) < 4.78 is 11.4. The minimum Gasteiger partial charge on any atom is -0.490 e. The summed E-state index contributed by atoms with van der Waals surface area (Å²) in [6.45, 7) is 10.7. The molecule has 0 heterocycles. The summed E-state index contributed by atoms with van der Waals surface area (Å²) in [6.07, 6.45) is 14.5. The van der Waals surface area contributed by atoms with E-state index in [-0.39, 0.29) is 11.6 Å². The highest BCUT2D eigenvalue weighted by molar-refractivity contribution is 5.94.